The van der Waals surface area contributed by atoms with E-state index in [9.17, 15) is 9.18 Å². The number of halogens is 1. The molecule has 0 aliphatic rings. The highest BCUT2D eigenvalue weighted by Gasteiger charge is 2.11. The molecule has 4 aromatic rings. The van der Waals surface area contributed by atoms with Crippen molar-refractivity contribution < 1.29 is 18.7 Å². The van der Waals surface area contributed by atoms with E-state index < -0.39 is 5.97 Å². The lowest BCUT2D eigenvalue weighted by molar-refractivity contribution is 0.0467. The molecule has 2 heterocycles. The number of carbonyl (C=O) groups is 1. The van der Waals surface area contributed by atoms with Gasteiger partial charge in [0.25, 0.3) is 0 Å². The Bertz CT molecular complexity index is 1090. The molecule has 0 aliphatic heterocycles. The molecular weight excluding hydrogens is 359 g/mol. The second-order valence-electron chi connectivity index (χ2n) is 6.28. The summed E-state index contributed by atoms with van der Waals surface area (Å²) in [7, 11) is 0. The van der Waals surface area contributed by atoms with Gasteiger partial charge >= 0.3 is 5.97 Å². The van der Waals surface area contributed by atoms with E-state index in [1.807, 2.05) is 36.4 Å². The molecule has 0 fully saturated rings. The van der Waals surface area contributed by atoms with Crippen molar-refractivity contribution in [2.24, 2.45) is 0 Å². The number of pyridine rings is 1. The van der Waals surface area contributed by atoms with Gasteiger partial charge in [0.15, 0.2) is 0 Å². The van der Waals surface area contributed by atoms with Crippen LogP contribution in [0.3, 0.4) is 0 Å². The first-order valence-corrected chi connectivity index (χ1v) is 8.73. The highest BCUT2D eigenvalue weighted by atomic mass is 19.1. The topological polar surface area (TPSA) is 64.2 Å². The smallest absolute Gasteiger partial charge is 0.355 e. The standard InChI is InChI=1S/C22H17FN2O3/c23-18-6-5-17-10-21(25-20(17)11-18)22(26)28-13-15-3-7-19(8-4-15)27-14-16-2-1-9-24-12-16/h1-12,25H,13-14H2. The maximum atomic E-state index is 13.3. The van der Waals surface area contributed by atoms with E-state index in [0.717, 1.165) is 22.3 Å². The summed E-state index contributed by atoms with van der Waals surface area (Å²) in [6.45, 7) is 0.564. The van der Waals surface area contributed by atoms with Gasteiger partial charge in [-0.25, -0.2) is 9.18 Å². The predicted molar refractivity (Wildman–Crippen MR) is 102 cm³/mol. The van der Waals surface area contributed by atoms with Gasteiger partial charge in [-0.3, -0.25) is 4.98 Å². The molecule has 5 nitrogen and oxygen atoms in total. The molecule has 0 aliphatic carbocycles. The van der Waals surface area contributed by atoms with Gasteiger partial charge in [-0.05, 0) is 48.0 Å². The van der Waals surface area contributed by atoms with Crippen LogP contribution in [0.25, 0.3) is 10.9 Å². The summed E-state index contributed by atoms with van der Waals surface area (Å²) in [6, 6.07) is 17.1. The van der Waals surface area contributed by atoms with Crippen molar-refractivity contribution in [3.8, 4) is 5.75 Å². The molecule has 0 saturated carbocycles. The normalized spacial score (nSPS) is 10.8. The number of H-pyrrole nitrogens is 1. The molecule has 0 spiro atoms. The molecule has 4 rings (SSSR count). The molecule has 0 bridgehead atoms. The van der Waals surface area contributed by atoms with Crippen LogP contribution in [-0.2, 0) is 18.0 Å². The van der Waals surface area contributed by atoms with E-state index in [2.05, 4.69) is 9.97 Å². The number of esters is 1. The molecule has 1 N–H and O–H groups in total. The Morgan fingerprint density at radius 3 is 2.64 bits per heavy atom. The number of rotatable bonds is 6. The molecule has 0 atom stereocenters. The van der Waals surface area contributed by atoms with Crippen LogP contribution in [0.4, 0.5) is 4.39 Å². The van der Waals surface area contributed by atoms with Crippen LogP contribution in [-0.4, -0.2) is 15.9 Å². The zero-order chi connectivity index (χ0) is 19.3. The molecule has 2 aromatic carbocycles. The Balaban J connectivity index is 1.33. The second kappa shape index (κ2) is 7.92. The number of aromatic nitrogens is 2. The van der Waals surface area contributed by atoms with Gasteiger partial charge in [0.05, 0.1) is 0 Å². The maximum Gasteiger partial charge on any atom is 0.355 e. The number of carbonyl (C=O) groups excluding carboxylic acids is 1. The van der Waals surface area contributed by atoms with Gasteiger partial charge in [0, 0.05) is 28.9 Å². The molecular formula is C22H17FN2O3. The number of fused-ring (bicyclic) bond motifs is 1. The number of hydrogen-bond acceptors (Lipinski definition) is 4. The van der Waals surface area contributed by atoms with Crippen LogP contribution >= 0.6 is 0 Å². The lowest BCUT2D eigenvalue weighted by Gasteiger charge is -2.07. The minimum atomic E-state index is -0.492. The molecule has 0 radical (unpaired) electrons. The van der Waals surface area contributed by atoms with Gasteiger partial charge in [-0.1, -0.05) is 18.2 Å². The first-order valence-electron chi connectivity index (χ1n) is 8.73. The molecule has 28 heavy (non-hydrogen) atoms. The summed E-state index contributed by atoms with van der Waals surface area (Å²) in [4.78, 5) is 19.1. The molecule has 0 unspecified atom stereocenters. The van der Waals surface area contributed by atoms with Crippen molar-refractivity contribution in [3.05, 3.63) is 95.7 Å². The number of nitrogens with zero attached hydrogens (tertiary/aromatic N) is 1. The van der Waals surface area contributed by atoms with Crippen molar-refractivity contribution in [2.75, 3.05) is 0 Å². The third kappa shape index (κ3) is 4.17. The summed E-state index contributed by atoms with van der Waals surface area (Å²) in [5.41, 5.74) is 2.67. The predicted octanol–water partition coefficient (Wildman–Crippen LogP) is 4.64. The average molecular weight is 376 g/mol. The van der Waals surface area contributed by atoms with E-state index in [1.54, 1.807) is 24.5 Å². The van der Waals surface area contributed by atoms with Crippen molar-refractivity contribution in [3.63, 3.8) is 0 Å². The van der Waals surface area contributed by atoms with Crippen LogP contribution < -0.4 is 4.74 Å². The fourth-order valence-electron chi connectivity index (χ4n) is 2.77. The molecule has 0 amide bonds. The number of ether oxygens (including phenoxy) is 2. The van der Waals surface area contributed by atoms with E-state index >= 15 is 0 Å². The largest absolute Gasteiger partial charge is 0.489 e. The van der Waals surface area contributed by atoms with Crippen LogP contribution in [0.15, 0.2) is 73.1 Å². The highest BCUT2D eigenvalue weighted by Crippen LogP contribution is 2.18. The Hall–Kier alpha value is -3.67. The van der Waals surface area contributed by atoms with E-state index in [4.69, 9.17) is 9.47 Å². The Morgan fingerprint density at radius 1 is 1.00 bits per heavy atom. The van der Waals surface area contributed by atoms with Gasteiger partial charge < -0.3 is 14.5 Å². The summed E-state index contributed by atoms with van der Waals surface area (Å²) >= 11 is 0. The third-order valence-electron chi connectivity index (χ3n) is 4.23. The molecule has 6 heteroatoms. The van der Waals surface area contributed by atoms with Gasteiger partial charge in [0.1, 0.15) is 30.5 Å². The molecule has 140 valence electrons. The maximum absolute atomic E-state index is 13.3. The Kier molecular flexibility index (Phi) is 5.01. The van der Waals surface area contributed by atoms with E-state index in [0.29, 0.717) is 12.1 Å². The number of benzene rings is 2. The fraction of sp³-hybridized carbons (Fsp3) is 0.0909. The Labute approximate surface area is 160 Å². The SMILES string of the molecule is O=C(OCc1ccc(OCc2cccnc2)cc1)c1cc2ccc(F)cc2[nH]1. The van der Waals surface area contributed by atoms with Crippen LogP contribution in [0.2, 0.25) is 0 Å². The van der Waals surface area contributed by atoms with Crippen molar-refractivity contribution in [1.29, 1.82) is 0 Å². The minimum absolute atomic E-state index is 0.130. The summed E-state index contributed by atoms with van der Waals surface area (Å²) < 4.78 is 24.3. The van der Waals surface area contributed by atoms with E-state index in [1.165, 1.54) is 12.1 Å². The van der Waals surface area contributed by atoms with Crippen LogP contribution in [0.1, 0.15) is 21.6 Å². The lowest BCUT2D eigenvalue weighted by Crippen LogP contribution is -2.05. The zero-order valence-electron chi connectivity index (χ0n) is 14.9. The fourth-order valence-corrected chi connectivity index (χ4v) is 2.77. The van der Waals surface area contributed by atoms with E-state index in [-0.39, 0.29) is 18.1 Å². The third-order valence-corrected chi connectivity index (χ3v) is 4.23. The number of aromatic amines is 1. The average Bonchev–Trinajstić information content (AvgIpc) is 3.15. The summed E-state index contributed by atoms with van der Waals surface area (Å²) in [5, 5.41) is 0.753. The number of nitrogens with one attached hydrogen (secondary N) is 1. The van der Waals surface area contributed by atoms with Crippen LogP contribution in [0, 0.1) is 5.82 Å². The quantitative estimate of drug-likeness (QED) is 0.498. The van der Waals surface area contributed by atoms with Crippen molar-refractivity contribution in [1.82, 2.24) is 9.97 Å². The molecule has 2 aromatic heterocycles. The first-order chi connectivity index (χ1) is 13.7. The van der Waals surface area contributed by atoms with Crippen LogP contribution in [0.5, 0.6) is 5.75 Å². The lowest BCUT2D eigenvalue weighted by atomic mass is 10.2. The summed E-state index contributed by atoms with van der Waals surface area (Å²) in [6.07, 6.45) is 3.47. The molecule has 0 saturated heterocycles. The number of hydrogen-bond donors (Lipinski definition) is 1. The van der Waals surface area contributed by atoms with Crippen molar-refractivity contribution >= 4 is 16.9 Å². The highest BCUT2D eigenvalue weighted by molar-refractivity contribution is 5.94. The van der Waals surface area contributed by atoms with Gasteiger partial charge in [-0.2, -0.15) is 0 Å². The minimum Gasteiger partial charge on any atom is -0.489 e. The monoisotopic (exact) mass is 376 g/mol. The van der Waals surface area contributed by atoms with Crippen molar-refractivity contribution in [2.45, 2.75) is 13.2 Å². The second-order valence-corrected chi connectivity index (χ2v) is 6.28. The van der Waals surface area contributed by atoms with Gasteiger partial charge in [0.2, 0.25) is 0 Å². The Morgan fingerprint density at radius 2 is 1.86 bits per heavy atom. The first kappa shape index (κ1) is 17.7. The van der Waals surface area contributed by atoms with Gasteiger partial charge in [-0.15, -0.1) is 0 Å². The summed E-state index contributed by atoms with van der Waals surface area (Å²) in [5.74, 6) is -0.134. The zero-order valence-corrected chi connectivity index (χ0v) is 14.9.